The summed E-state index contributed by atoms with van der Waals surface area (Å²) in [5, 5.41) is 3.33. The van der Waals surface area contributed by atoms with Crippen LogP contribution in [0.3, 0.4) is 0 Å². The average molecular weight is 586 g/mol. The Morgan fingerprint density at radius 2 is 1.65 bits per heavy atom. The zero-order valence-corrected chi connectivity index (χ0v) is 21.7. The van der Waals surface area contributed by atoms with Crippen LogP contribution < -0.4 is 5.32 Å². The fraction of sp³-hybridized carbons (Fsp3) is 0.130. The van der Waals surface area contributed by atoms with E-state index >= 15 is 0 Å². The number of esters is 1. The maximum absolute atomic E-state index is 13.4. The molecule has 3 rings (SSSR count). The van der Waals surface area contributed by atoms with Crippen LogP contribution in [0.15, 0.2) is 76.1 Å². The summed E-state index contributed by atoms with van der Waals surface area (Å²) in [4.78, 5) is 24.4. The van der Waals surface area contributed by atoms with Gasteiger partial charge in [0.05, 0.1) is 24.1 Å². The number of benzene rings is 3. The number of ether oxygens (including phenoxy) is 1. The maximum atomic E-state index is 13.4. The number of nitrogens with one attached hydrogen (secondary N) is 1. The molecule has 0 aliphatic rings. The fourth-order valence-electron chi connectivity index (χ4n) is 2.99. The largest absolute Gasteiger partial charge is 0.465 e. The van der Waals surface area contributed by atoms with Gasteiger partial charge in [-0.05, 0) is 66.2 Å². The molecule has 0 aromatic heterocycles. The van der Waals surface area contributed by atoms with Crippen molar-refractivity contribution in [3.63, 3.8) is 0 Å². The molecule has 11 heteroatoms. The topological polar surface area (TPSA) is 92.8 Å². The van der Waals surface area contributed by atoms with E-state index in [0.717, 1.165) is 4.31 Å². The van der Waals surface area contributed by atoms with Gasteiger partial charge in [0, 0.05) is 26.8 Å². The van der Waals surface area contributed by atoms with E-state index in [1.807, 2.05) is 0 Å². The Balaban J connectivity index is 1.86. The van der Waals surface area contributed by atoms with Crippen molar-refractivity contribution < 1.29 is 22.7 Å². The molecule has 0 unspecified atom stereocenters. The number of amides is 1. The minimum atomic E-state index is -4.05. The Kier molecular flexibility index (Phi) is 8.72. The van der Waals surface area contributed by atoms with Gasteiger partial charge >= 0.3 is 5.97 Å². The second kappa shape index (κ2) is 11.3. The van der Waals surface area contributed by atoms with Gasteiger partial charge in [0.25, 0.3) is 0 Å². The number of halogens is 3. The third-order valence-electron chi connectivity index (χ3n) is 4.72. The number of hydrogen-bond donors (Lipinski definition) is 1. The van der Waals surface area contributed by atoms with E-state index in [9.17, 15) is 18.0 Å². The predicted octanol–water partition coefficient (Wildman–Crippen LogP) is 5.37. The Morgan fingerprint density at radius 1 is 1.00 bits per heavy atom. The smallest absolute Gasteiger partial charge is 0.337 e. The number of anilines is 1. The van der Waals surface area contributed by atoms with Gasteiger partial charge in [-0.3, -0.25) is 4.79 Å². The molecular formula is C23H19BrCl2N2O5S. The Bertz CT molecular complexity index is 1300. The van der Waals surface area contributed by atoms with Crippen LogP contribution in [-0.2, 0) is 26.1 Å². The van der Waals surface area contributed by atoms with E-state index in [-0.39, 0.29) is 16.5 Å². The third-order valence-corrected chi connectivity index (χ3v) is 7.64. The molecular weight excluding hydrogens is 567 g/mol. The first-order chi connectivity index (χ1) is 16.1. The highest BCUT2D eigenvalue weighted by Crippen LogP contribution is 2.26. The molecule has 7 nitrogen and oxygen atoms in total. The summed E-state index contributed by atoms with van der Waals surface area (Å²) >= 11 is 15.5. The van der Waals surface area contributed by atoms with Crippen LogP contribution in [0.2, 0.25) is 10.0 Å². The van der Waals surface area contributed by atoms with Gasteiger partial charge in [-0.25, -0.2) is 13.2 Å². The van der Waals surface area contributed by atoms with Crippen LogP contribution in [0.1, 0.15) is 15.9 Å². The highest BCUT2D eigenvalue weighted by molar-refractivity contribution is 9.10. The molecule has 34 heavy (non-hydrogen) atoms. The molecule has 0 atom stereocenters. The summed E-state index contributed by atoms with van der Waals surface area (Å²) in [5.74, 6) is -1.08. The summed E-state index contributed by atoms with van der Waals surface area (Å²) in [6, 6.07) is 16.8. The molecule has 178 valence electrons. The lowest BCUT2D eigenvalue weighted by Gasteiger charge is -2.22. The standard InChI is InChI=1S/C23H19BrCl2N2O5S/c1-33-23(30)15-3-8-19(9-4-15)27-22(29)14-28(13-16-2-7-18(25)12-21(16)26)34(31,32)20-10-5-17(24)6-11-20/h2-12H,13-14H2,1H3,(H,27,29). The molecule has 0 bridgehead atoms. The lowest BCUT2D eigenvalue weighted by atomic mass is 10.2. The van der Waals surface area contributed by atoms with Crippen molar-refractivity contribution in [3.8, 4) is 0 Å². The minimum absolute atomic E-state index is 0.0241. The molecule has 3 aromatic rings. The average Bonchev–Trinajstić information content (AvgIpc) is 2.80. The normalized spacial score (nSPS) is 11.3. The molecule has 1 amide bonds. The van der Waals surface area contributed by atoms with Crippen molar-refractivity contribution >= 4 is 66.7 Å². The quantitative estimate of drug-likeness (QED) is 0.359. The Labute approximate surface area is 215 Å². The molecule has 0 fully saturated rings. The number of sulfonamides is 1. The van der Waals surface area contributed by atoms with E-state index in [1.165, 1.54) is 49.6 Å². The van der Waals surface area contributed by atoms with Crippen LogP contribution in [-0.4, -0.2) is 38.3 Å². The molecule has 0 aliphatic heterocycles. The summed E-state index contributed by atoms with van der Waals surface area (Å²) in [5.41, 5.74) is 1.20. The number of hydrogen-bond acceptors (Lipinski definition) is 5. The van der Waals surface area contributed by atoms with Gasteiger partial charge in [0.15, 0.2) is 0 Å². The number of carbonyl (C=O) groups excluding carboxylic acids is 2. The van der Waals surface area contributed by atoms with Crippen LogP contribution in [0.5, 0.6) is 0 Å². The van der Waals surface area contributed by atoms with Gasteiger partial charge < -0.3 is 10.1 Å². The molecule has 0 aliphatic carbocycles. The first kappa shape index (κ1) is 26.2. The highest BCUT2D eigenvalue weighted by atomic mass is 79.9. The predicted molar refractivity (Wildman–Crippen MR) is 135 cm³/mol. The number of methoxy groups -OCH3 is 1. The van der Waals surface area contributed by atoms with Gasteiger partial charge in [-0.1, -0.05) is 45.2 Å². The van der Waals surface area contributed by atoms with Gasteiger partial charge in [0.1, 0.15) is 0 Å². The van der Waals surface area contributed by atoms with Crippen LogP contribution >= 0.6 is 39.1 Å². The first-order valence-electron chi connectivity index (χ1n) is 9.78. The zero-order chi connectivity index (χ0) is 24.9. The monoisotopic (exact) mass is 584 g/mol. The number of carbonyl (C=O) groups is 2. The fourth-order valence-corrected chi connectivity index (χ4v) is 5.10. The first-order valence-corrected chi connectivity index (χ1v) is 12.8. The lowest BCUT2D eigenvalue weighted by molar-refractivity contribution is -0.116. The van der Waals surface area contributed by atoms with Crippen molar-refractivity contribution in [2.45, 2.75) is 11.4 Å². The SMILES string of the molecule is COC(=O)c1ccc(NC(=O)CN(Cc2ccc(Cl)cc2Cl)S(=O)(=O)c2ccc(Br)cc2)cc1. The maximum Gasteiger partial charge on any atom is 0.337 e. The van der Waals surface area contributed by atoms with Crippen molar-refractivity contribution in [2.24, 2.45) is 0 Å². The van der Waals surface area contributed by atoms with E-state index in [0.29, 0.717) is 26.3 Å². The molecule has 0 spiro atoms. The van der Waals surface area contributed by atoms with E-state index in [4.69, 9.17) is 23.2 Å². The second-order valence-corrected chi connectivity index (χ2v) is 10.8. The van der Waals surface area contributed by atoms with E-state index in [1.54, 1.807) is 24.3 Å². The molecule has 0 radical (unpaired) electrons. The van der Waals surface area contributed by atoms with Gasteiger partial charge in [0.2, 0.25) is 15.9 Å². The minimum Gasteiger partial charge on any atom is -0.465 e. The van der Waals surface area contributed by atoms with Crippen LogP contribution in [0, 0.1) is 0 Å². The number of nitrogens with zero attached hydrogens (tertiary/aromatic N) is 1. The summed E-state index contributed by atoms with van der Waals surface area (Å²) in [6.07, 6.45) is 0. The zero-order valence-electron chi connectivity index (χ0n) is 17.8. The van der Waals surface area contributed by atoms with Crippen molar-refractivity contribution in [2.75, 3.05) is 19.0 Å². The summed E-state index contributed by atoms with van der Waals surface area (Å²) < 4.78 is 33.1. The Hall–Kier alpha value is -2.43. The van der Waals surface area contributed by atoms with Crippen molar-refractivity contribution in [1.82, 2.24) is 4.31 Å². The van der Waals surface area contributed by atoms with Crippen LogP contribution in [0.4, 0.5) is 5.69 Å². The molecule has 3 aromatic carbocycles. The van der Waals surface area contributed by atoms with Crippen LogP contribution in [0.25, 0.3) is 0 Å². The van der Waals surface area contributed by atoms with E-state index < -0.39 is 28.4 Å². The second-order valence-electron chi connectivity index (χ2n) is 7.08. The van der Waals surface area contributed by atoms with Gasteiger partial charge in [-0.15, -0.1) is 0 Å². The summed E-state index contributed by atoms with van der Waals surface area (Å²) in [7, 11) is -2.78. The molecule has 1 N–H and O–H groups in total. The third kappa shape index (κ3) is 6.58. The molecule has 0 heterocycles. The molecule has 0 saturated heterocycles. The van der Waals surface area contributed by atoms with Gasteiger partial charge in [-0.2, -0.15) is 4.31 Å². The van der Waals surface area contributed by atoms with Crippen molar-refractivity contribution in [1.29, 1.82) is 0 Å². The number of rotatable bonds is 8. The van der Waals surface area contributed by atoms with Crippen molar-refractivity contribution in [3.05, 3.63) is 92.4 Å². The highest BCUT2D eigenvalue weighted by Gasteiger charge is 2.27. The van der Waals surface area contributed by atoms with E-state index in [2.05, 4.69) is 26.0 Å². The lowest BCUT2D eigenvalue weighted by Crippen LogP contribution is -2.37. The molecule has 0 saturated carbocycles. The summed E-state index contributed by atoms with van der Waals surface area (Å²) in [6.45, 7) is -0.626. The Morgan fingerprint density at radius 3 is 2.24 bits per heavy atom.